The topological polar surface area (TPSA) is 79.0 Å². The molecular weight excluding hydrogens is 378 g/mol. The zero-order chi connectivity index (χ0) is 19.9. The Morgan fingerprint density at radius 3 is 2.46 bits per heavy atom. The number of hydrogen-bond acceptors (Lipinski definition) is 5. The summed E-state index contributed by atoms with van der Waals surface area (Å²) in [6, 6.07) is 3.07. The summed E-state index contributed by atoms with van der Waals surface area (Å²) in [5.41, 5.74) is 0. The molecule has 2 saturated heterocycles. The second kappa shape index (κ2) is 10.0. The number of nitrogens with one attached hydrogen (secondary N) is 1. The number of carbonyl (C=O) groups is 3. The molecular formula is C20H29N3O4S. The van der Waals surface area contributed by atoms with Crippen molar-refractivity contribution in [1.29, 1.82) is 0 Å². The van der Waals surface area contributed by atoms with E-state index in [1.807, 2.05) is 16.3 Å². The number of amides is 3. The van der Waals surface area contributed by atoms with Crippen molar-refractivity contribution in [3.63, 3.8) is 0 Å². The second-order valence-electron chi connectivity index (χ2n) is 7.47. The standard InChI is InChI=1S/C20H29N3O4S/c1-27-14-17(24)22-11-7-15(8-12-22)18(20(26)23-9-3-2-4-10-23)21-19(25)16-6-5-13-28-16/h5-6,13,15,18H,2-4,7-12,14H2,1H3,(H,21,25). The molecule has 0 spiro atoms. The van der Waals surface area contributed by atoms with Crippen LogP contribution in [0.2, 0.25) is 0 Å². The molecule has 0 aromatic carbocycles. The molecule has 3 amide bonds. The maximum absolute atomic E-state index is 13.2. The van der Waals surface area contributed by atoms with Gasteiger partial charge in [0.05, 0.1) is 4.88 Å². The number of nitrogens with zero attached hydrogens (tertiary/aromatic N) is 2. The molecule has 2 aliphatic heterocycles. The molecule has 1 aromatic rings. The smallest absolute Gasteiger partial charge is 0.262 e. The van der Waals surface area contributed by atoms with Gasteiger partial charge in [0.1, 0.15) is 12.6 Å². The Labute approximate surface area is 170 Å². The zero-order valence-electron chi connectivity index (χ0n) is 16.4. The van der Waals surface area contributed by atoms with Crippen molar-refractivity contribution in [3.05, 3.63) is 22.4 Å². The van der Waals surface area contributed by atoms with E-state index in [1.54, 1.807) is 11.0 Å². The van der Waals surface area contributed by atoms with Crippen molar-refractivity contribution in [3.8, 4) is 0 Å². The molecule has 28 heavy (non-hydrogen) atoms. The highest BCUT2D eigenvalue weighted by Crippen LogP contribution is 2.24. The molecule has 2 fully saturated rings. The van der Waals surface area contributed by atoms with Gasteiger partial charge in [-0.3, -0.25) is 14.4 Å². The molecule has 154 valence electrons. The van der Waals surface area contributed by atoms with Gasteiger partial charge in [0.15, 0.2) is 0 Å². The van der Waals surface area contributed by atoms with Crippen molar-refractivity contribution in [2.75, 3.05) is 39.9 Å². The molecule has 0 bridgehead atoms. The van der Waals surface area contributed by atoms with Crippen LogP contribution in [-0.4, -0.2) is 73.5 Å². The van der Waals surface area contributed by atoms with Crippen LogP contribution in [0.1, 0.15) is 41.8 Å². The number of ether oxygens (including phenoxy) is 1. The lowest BCUT2D eigenvalue weighted by Crippen LogP contribution is -2.55. The third-order valence-electron chi connectivity index (χ3n) is 5.60. The number of likely N-dealkylation sites (tertiary alicyclic amines) is 2. The van der Waals surface area contributed by atoms with Crippen LogP contribution in [0, 0.1) is 5.92 Å². The third kappa shape index (κ3) is 5.11. The van der Waals surface area contributed by atoms with Crippen LogP contribution in [0.25, 0.3) is 0 Å². The van der Waals surface area contributed by atoms with E-state index in [0.717, 1.165) is 32.4 Å². The van der Waals surface area contributed by atoms with Gasteiger partial charge in [0, 0.05) is 33.3 Å². The second-order valence-corrected chi connectivity index (χ2v) is 8.41. The van der Waals surface area contributed by atoms with E-state index in [9.17, 15) is 14.4 Å². The molecule has 1 atom stereocenters. The summed E-state index contributed by atoms with van der Waals surface area (Å²) >= 11 is 1.37. The molecule has 8 heteroatoms. The molecule has 1 aromatic heterocycles. The highest BCUT2D eigenvalue weighted by Gasteiger charge is 2.36. The predicted octanol–water partition coefficient (Wildman–Crippen LogP) is 1.74. The predicted molar refractivity (Wildman–Crippen MR) is 107 cm³/mol. The van der Waals surface area contributed by atoms with E-state index in [-0.39, 0.29) is 30.2 Å². The van der Waals surface area contributed by atoms with Gasteiger partial charge in [-0.15, -0.1) is 11.3 Å². The minimum Gasteiger partial charge on any atom is -0.375 e. The largest absolute Gasteiger partial charge is 0.375 e. The zero-order valence-corrected chi connectivity index (χ0v) is 17.2. The maximum atomic E-state index is 13.2. The van der Waals surface area contributed by atoms with Crippen LogP contribution in [0.5, 0.6) is 0 Å². The SMILES string of the molecule is COCC(=O)N1CCC(C(NC(=O)c2cccs2)C(=O)N2CCCCC2)CC1. The van der Waals surface area contributed by atoms with Gasteiger partial charge in [-0.05, 0) is 49.5 Å². The first-order valence-electron chi connectivity index (χ1n) is 10.00. The molecule has 0 radical (unpaired) electrons. The van der Waals surface area contributed by atoms with Gasteiger partial charge in [0.2, 0.25) is 11.8 Å². The van der Waals surface area contributed by atoms with Crippen LogP contribution in [-0.2, 0) is 14.3 Å². The lowest BCUT2D eigenvalue weighted by molar-refractivity contribution is -0.138. The average molecular weight is 408 g/mol. The fraction of sp³-hybridized carbons (Fsp3) is 0.650. The van der Waals surface area contributed by atoms with Gasteiger partial charge in [0.25, 0.3) is 5.91 Å². The summed E-state index contributed by atoms with van der Waals surface area (Å²) in [4.78, 5) is 42.2. The first kappa shape index (κ1) is 20.8. The Bertz CT molecular complexity index is 665. The quantitative estimate of drug-likeness (QED) is 0.779. The van der Waals surface area contributed by atoms with Gasteiger partial charge in [-0.25, -0.2) is 0 Å². The average Bonchev–Trinajstić information content (AvgIpc) is 3.27. The number of piperidine rings is 2. The summed E-state index contributed by atoms with van der Waals surface area (Å²) in [7, 11) is 1.51. The van der Waals surface area contributed by atoms with Crippen LogP contribution >= 0.6 is 11.3 Å². The normalized spacial score (nSPS) is 19.3. The van der Waals surface area contributed by atoms with Gasteiger partial charge in [-0.2, -0.15) is 0 Å². The highest BCUT2D eigenvalue weighted by atomic mass is 32.1. The van der Waals surface area contributed by atoms with E-state index >= 15 is 0 Å². The van der Waals surface area contributed by atoms with E-state index < -0.39 is 6.04 Å². The lowest BCUT2D eigenvalue weighted by atomic mass is 9.88. The molecule has 3 rings (SSSR count). The van der Waals surface area contributed by atoms with E-state index in [1.165, 1.54) is 18.4 Å². The molecule has 2 aliphatic rings. The van der Waals surface area contributed by atoms with Crippen LogP contribution < -0.4 is 5.32 Å². The molecule has 3 heterocycles. The van der Waals surface area contributed by atoms with Crippen LogP contribution in [0.3, 0.4) is 0 Å². The molecule has 0 aliphatic carbocycles. The number of thiophene rings is 1. The maximum Gasteiger partial charge on any atom is 0.262 e. The summed E-state index contributed by atoms with van der Waals surface area (Å²) in [6.07, 6.45) is 4.58. The van der Waals surface area contributed by atoms with Gasteiger partial charge >= 0.3 is 0 Å². The Balaban J connectivity index is 1.68. The Kier molecular flexibility index (Phi) is 7.44. The summed E-state index contributed by atoms with van der Waals surface area (Å²) in [5.74, 6) is -0.165. The van der Waals surface area contributed by atoms with E-state index in [2.05, 4.69) is 5.32 Å². The summed E-state index contributed by atoms with van der Waals surface area (Å²) in [6.45, 7) is 2.78. The van der Waals surface area contributed by atoms with Crippen LogP contribution in [0.4, 0.5) is 0 Å². The first-order chi connectivity index (χ1) is 13.6. The Morgan fingerprint density at radius 2 is 1.86 bits per heavy atom. The number of carbonyl (C=O) groups excluding carboxylic acids is 3. The van der Waals surface area contributed by atoms with Crippen molar-refractivity contribution in [2.45, 2.75) is 38.1 Å². The monoisotopic (exact) mass is 407 g/mol. The summed E-state index contributed by atoms with van der Waals surface area (Å²) < 4.78 is 4.93. The highest BCUT2D eigenvalue weighted by molar-refractivity contribution is 7.12. The number of methoxy groups -OCH3 is 1. The molecule has 0 saturated carbocycles. The van der Waals surface area contributed by atoms with Crippen molar-refractivity contribution >= 4 is 29.1 Å². The van der Waals surface area contributed by atoms with Gasteiger partial charge in [-0.1, -0.05) is 6.07 Å². The first-order valence-corrected chi connectivity index (χ1v) is 10.9. The number of rotatable bonds is 6. The molecule has 7 nitrogen and oxygen atoms in total. The fourth-order valence-corrected chi connectivity index (χ4v) is 4.64. The Morgan fingerprint density at radius 1 is 1.14 bits per heavy atom. The Hall–Kier alpha value is -1.93. The van der Waals surface area contributed by atoms with E-state index in [0.29, 0.717) is 30.8 Å². The number of hydrogen-bond donors (Lipinski definition) is 1. The molecule has 1 unspecified atom stereocenters. The lowest BCUT2D eigenvalue weighted by Gasteiger charge is -2.38. The molecule has 1 N–H and O–H groups in total. The van der Waals surface area contributed by atoms with Crippen molar-refractivity contribution in [2.24, 2.45) is 5.92 Å². The van der Waals surface area contributed by atoms with Crippen molar-refractivity contribution in [1.82, 2.24) is 15.1 Å². The van der Waals surface area contributed by atoms with Crippen LogP contribution in [0.15, 0.2) is 17.5 Å². The summed E-state index contributed by atoms with van der Waals surface area (Å²) in [5, 5.41) is 4.86. The minimum atomic E-state index is -0.535. The van der Waals surface area contributed by atoms with Crippen molar-refractivity contribution < 1.29 is 19.1 Å². The van der Waals surface area contributed by atoms with E-state index in [4.69, 9.17) is 4.74 Å². The fourth-order valence-electron chi connectivity index (χ4n) is 4.01. The third-order valence-corrected chi connectivity index (χ3v) is 6.47. The van der Waals surface area contributed by atoms with Gasteiger partial charge < -0.3 is 19.9 Å². The minimum absolute atomic E-state index is 0.0197.